The third kappa shape index (κ3) is 4.43. The van der Waals surface area contributed by atoms with Crippen LogP contribution in [0.2, 0.25) is 0 Å². The zero-order valence-corrected chi connectivity index (χ0v) is 13.9. The third-order valence-electron chi connectivity index (χ3n) is 3.71. The quantitative estimate of drug-likeness (QED) is 0.638. The van der Waals surface area contributed by atoms with Crippen LogP contribution in [0.15, 0.2) is 60.2 Å². The summed E-state index contributed by atoms with van der Waals surface area (Å²) in [5, 5.41) is 0. The average molecular weight is 305 g/mol. The van der Waals surface area contributed by atoms with Crippen LogP contribution in [-0.4, -0.2) is 5.78 Å². The summed E-state index contributed by atoms with van der Waals surface area (Å²) >= 11 is 0. The Morgan fingerprint density at radius 2 is 1.57 bits per heavy atom. The first-order chi connectivity index (χ1) is 11.0. The Morgan fingerprint density at radius 3 is 2.17 bits per heavy atom. The van der Waals surface area contributed by atoms with Gasteiger partial charge in [0.25, 0.3) is 0 Å². The predicted octanol–water partition coefficient (Wildman–Crippen LogP) is 4.77. The fraction of sp³-hybridized carbons (Fsp3) is 0.190. The van der Waals surface area contributed by atoms with Gasteiger partial charge in [0.2, 0.25) is 0 Å². The maximum absolute atomic E-state index is 11.8. The van der Waals surface area contributed by atoms with E-state index in [4.69, 9.17) is 5.73 Å². The fourth-order valence-corrected chi connectivity index (χ4v) is 2.63. The van der Waals surface area contributed by atoms with Crippen molar-refractivity contribution in [1.29, 1.82) is 0 Å². The van der Waals surface area contributed by atoms with Gasteiger partial charge in [-0.3, -0.25) is 4.79 Å². The van der Waals surface area contributed by atoms with Crippen molar-refractivity contribution in [2.24, 2.45) is 11.7 Å². The molecule has 0 fully saturated rings. The van der Waals surface area contributed by atoms with Crippen molar-refractivity contribution >= 4 is 23.6 Å². The van der Waals surface area contributed by atoms with Gasteiger partial charge in [0.15, 0.2) is 5.78 Å². The first-order valence-corrected chi connectivity index (χ1v) is 7.83. The zero-order valence-electron chi connectivity index (χ0n) is 13.9. The highest BCUT2D eigenvalue weighted by Gasteiger charge is 2.14. The van der Waals surface area contributed by atoms with Crippen LogP contribution in [0.25, 0.3) is 17.8 Å². The van der Waals surface area contributed by atoms with E-state index in [2.05, 4.69) is 24.3 Å². The molecule has 0 atom stereocenters. The molecule has 0 radical (unpaired) electrons. The van der Waals surface area contributed by atoms with Crippen LogP contribution in [0.1, 0.15) is 37.5 Å². The molecule has 2 N–H and O–H groups in total. The number of carbonyl (C=O) groups excluding carboxylic acids is 1. The van der Waals surface area contributed by atoms with E-state index in [1.807, 2.05) is 56.3 Å². The van der Waals surface area contributed by atoms with Gasteiger partial charge in [-0.15, -0.1) is 0 Å². The maximum Gasteiger partial charge on any atom is 0.158 e. The largest absolute Gasteiger partial charge is 0.398 e. The first-order valence-electron chi connectivity index (χ1n) is 7.83. The average Bonchev–Trinajstić information content (AvgIpc) is 2.53. The third-order valence-corrected chi connectivity index (χ3v) is 3.71. The zero-order chi connectivity index (χ0) is 16.8. The van der Waals surface area contributed by atoms with Crippen LogP contribution in [0.5, 0.6) is 0 Å². The van der Waals surface area contributed by atoms with Gasteiger partial charge < -0.3 is 5.73 Å². The molecule has 0 amide bonds. The molecular weight excluding hydrogens is 282 g/mol. The van der Waals surface area contributed by atoms with Crippen molar-refractivity contribution in [1.82, 2.24) is 0 Å². The van der Waals surface area contributed by atoms with E-state index in [0.29, 0.717) is 11.3 Å². The van der Waals surface area contributed by atoms with Gasteiger partial charge in [-0.2, -0.15) is 0 Å². The lowest BCUT2D eigenvalue weighted by Gasteiger charge is -2.13. The molecule has 0 aliphatic heterocycles. The molecule has 2 aromatic rings. The molecule has 0 unspecified atom stereocenters. The van der Waals surface area contributed by atoms with E-state index in [1.54, 1.807) is 6.92 Å². The lowest BCUT2D eigenvalue weighted by atomic mass is 9.94. The highest BCUT2D eigenvalue weighted by atomic mass is 16.1. The molecule has 0 aliphatic rings. The molecule has 0 spiro atoms. The van der Waals surface area contributed by atoms with Crippen molar-refractivity contribution in [3.8, 4) is 0 Å². The number of rotatable bonds is 5. The highest BCUT2D eigenvalue weighted by molar-refractivity contribution is 6.01. The van der Waals surface area contributed by atoms with Gasteiger partial charge in [-0.05, 0) is 35.6 Å². The SMILES string of the molecule is CC(=O)/C(=C(\N)c1cccc(/C=C/c2ccccc2)c1)C(C)C. The van der Waals surface area contributed by atoms with Gasteiger partial charge >= 0.3 is 0 Å². The van der Waals surface area contributed by atoms with E-state index in [0.717, 1.165) is 16.7 Å². The Labute approximate surface area is 138 Å². The normalized spacial score (nSPS) is 12.5. The molecule has 2 rings (SSSR count). The molecule has 2 nitrogen and oxygen atoms in total. The topological polar surface area (TPSA) is 43.1 Å². The standard InChI is InChI=1S/C21H23NO/c1-15(2)20(16(3)23)21(22)19-11-7-10-18(14-19)13-12-17-8-5-4-6-9-17/h4-15H,22H2,1-3H3/b13-12+,21-20-. The van der Waals surface area contributed by atoms with Crippen LogP contribution in [0.4, 0.5) is 0 Å². The Balaban J connectivity index is 2.35. The first kappa shape index (κ1) is 16.8. The number of nitrogens with two attached hydrogens (primary N) is 1. The van der Waals surface area contributed by atoms with Gasteiger partial charge in [0, 0.05) is 11.3 Å². The molecular formula is C21H23NO. The molecule has 0 saturated carbocycles. The summed E-state index contributed by atoms with van der Waals surface area (Å²) < 4.78 is 0. The summed E-state index contributed by atoms with van der Waals surface area (Å²) in [5.74, 6) is 0.138. The second-order valence-corrected chi connectivity index (χ2v) is 5.91. The minimum atomic E-state index is 0.0303. The maximum atomic E-state index is 11.8. The number of hydrogen-bond donors (Lipinski definition) is 1. The summed E-state index contributed by atoms with van der Waals surface area (Å²) in [5.41, 5.74) is 10.6. The second-order valence-electron chi connectivity index (χ2n) is 5.91. The van der Waals surface area contributed by atoms with Crippen molar-refractivity contribution < 1.29 is 4.79 Å². The number of ketones is 1. The van der Waals surface area contributed by atoms with Crippen molar-refractivity contribution in [3.05, 3.63) is 76.9 Å². The summed E-state index contributed by atoms with van der Waals surface area (Å²) in [6.07, 6.45) is 4.11. The van der Waals surface area contributed by atoms with E-state index >= 15 is 0 Å². The predicted molar refractivity (Wildman–Crippen MR) is 98.4 cm³/mol. The fourth-order valence-electron chi connectivity index (χ4n) is 2.63. The number of carbonyl (C=O) groups is 1. The van der Waals surface area contributed by atoms with Crippen LogP contribution >= 0.6 is 0 Å². The van der Waals surface area contributed by atoms with E-state index < -0.39 is 0 Å². The summed E-state index contributed by atoms with van der Waals surface area (Å²) in [7, 11) is 0. The Kier molecular flexibility index (Phi) is 5.53. The van der Waals surface area contributed by atoms with E-state index in [9.17, 15) is 4.79 Å². The van der Waals surface area contributed by atoms with Crippen molar-refractivity contribution in [2.45, 2.75) is 20.8 Å². The molecule has 0 bridgehead atoms. The minimum absolute atomic E-state index is 0.0303. The van der Waals surface area contributed by atoms with Crippen molar-refractivity contribution in [3.63, 3.8) is 0 Å². The Hall–Kier alpha value is -2.61. The minimum Gasteiger partial charge on any atom is -0.398 e. The molecule has 118 valence electrons. The molecule has 2 aromatic carbocycles. The van der Waals surface area contributed by atoms with Crippen LogP contribution in [-0.2, 0) is 4.79 Å². The monoisotopic (exact) mass is 305 g/mol. The van der Waals surface area contributed by atoms with E-state index in [-0.39, 0.29) is 11.7 Å². The number of Topliss-reactive ketones (excluding diaryl/α,β-unsaturated/α-hetero) is 1. The Bertz CT molecular complexity index is 739. The summed E-state index contributed by atoms with van der Waals surface area (Å²) in [6.45, 7) is 5.55. The highest BCUT2D eigenvalue weighted by Crippen LogP contribution is 2.22. The summed E-state index contributed by atoms with van der Waals surface area (Å²) in [4.78, 5) is 11.8. The van der Waals surface area contributed by atoms with Gasteiger partial charge in [0.05, 0.1) is 0 Å². The summed E-state index contributed by atoms with van der Waals surface area (Å²) in [6, 6.07) is 18.1. The molecule has 0 aromatic heterocycles. The lowest BCUT2D eigenvalue weighted by Crippen LogP contribution is -2.12. The number of hydrogen-bond acceptors (Lipinski definition) is 2. The van der Waals surface area contributed by atoms with Gasteiger partial charge in [-0.25, -0.2) is 0 Å². The van der Waals surface area contributed by atoms with Crippen LogP contribution in [0.3, 0.4) is 0 Å². The number of benzene rings is 2. The van der Waals surface area contributed by atoms with Gasteiger partial charge in [-0.1, -0.05) is 74.5 Å². The number of allylic oxidation sites excluding steroid dienone is 1. The molecule has 0 aliphatic carbocycles. The van der Waals surface area contributed by atoms with E-state index in [1.165, 1.54) is 0 Å². The van der Waals surface area contributed by atoms with Crippen LogP contribution in [0, 0.1) is 5.92 Å². The van der Waals surface area contributed by atoms with Gasteiger partial charge in [0.1, 0.15) is 0 Å². The van der Waals surface area contributed by atoms with Crippen molar-refractivity contribution in [2.75, 3.05) is 0 Å². The molecule has 23 heavy (non-hydrogen) atoms. The molecule has 0 heterocycles. The Morgan fingerprint density at radius 1 is 0.957 bits per heavy atom. The smallest absolute Gasteiger partial charge is 0.158 e. The molecule has 0 saturated heterocycles. The lowest BCUT2D eigenvalue weighted by molar-refractivity contribution is -0.113. The van der Waals surface area contributed by atoms with Crippen LogP contribution < -0.4 is 5.73 Å². The molecule has 2 heteroatoms. The second kappa shape index (κ2) is 7.59.